The largest absolute Gasteiger partial charge is 0.338 e. The van der Waals surface area contributed by atoms with Gasteiger partial charge in [-0.1, -0.05) is 25.9 Å². The van der Waals surface area contributed by atoms with Gasteiger partial charge in [-0.2, -0.15) is 0 Å². The molecule has 0 atom stereocenters. The molecule has 0 saturated carbocycles. The molecule has 1 aromatic heterocycles. The van der Waals surface area contributed by atoms with Gasteiger partial charge in [0.1, 0.15) is 0 Å². The van der Waals surface area contributed by atoms with Gasteiger partial charge in [-0.15, -0.1) is 0 Å². The number of hydrogen-bond acceptors (Lipinski definition) is 5. The standard InChI is InChI=1S/C14H24N4O2/c1-14(2,3)11-8-13(20-17-11)16-12(19)9-18-6-4-10(15)5-7-18/h8,10H,4-7,9,15H2,1-3H3,(H,16,19). The Balaban J connectivity index is 1.84. The molecule has 0 unspecified atom stereocenters. The molecule has 1 aromatic rings. The van der Waals surface area contributed by atoms with Crippen LogP contribution in [0.3, 0.4) is 0 Å². The highest BCUT2D eigenvalue weighted by Crippen LogP contribution is 2.23. The van der Waals surface area contributed by atoms with E-state index in [0.717, 1.165) is 31.6 Å². The maximum Gasteiger partial charge on any atom is 0.240 e. The van der Waals surface area contributed by atoms with Crippen molar-refractivity contribution >= 4 is 11.8 Å². The molecule has 2 rings (SSSR count). The Hall–Kier alpha value is -1.40. The fraction of sp³-hybridized carbons (Fsp3) is 0.714. The van der Waals surface area contributed by atoms with Gasteiger partial charge in [0.2, 0.25) is 11.8 Å². The van der Waals surface area contributed by atoms with Crippen molar-refractivity contribution < 1.29 is 9.32 Å². The Morgan fingerprint density at radius 3 is 2.70 bits per heavy atom. The van der Waals surface area contributed by atoms with Crippen LogP contribution in [0.4, 0.5) is 5.88 Å². The van der Waals surface area contributed by atoms with Crippen LogP contribution in [0.5, 0.6) is 0 Å². The summed E-state index contributed by atoms with van der Waals surface area (Å²) in [5.41, 5.74) is 6.59. The normalized spacial score (nSPS) is 18.2. The number of rotatable bonds is 3. The highest BCUT2D eigenvalue weighted by atomic mass is 16.5. The topological polar surface area (TPSA) is 84.4 Å². The Morgan fingerprint density at radius 2 is 2.15 bits per heavy atom. The number of carbonyl (C=O) groups is 1. The van der Waals surface area contributed by atoms with Gasteiger partial charge in [-0.05, 0) is 12.8 Å². The highest BCUT2D eigenvalue weighted by Gasteiger charge is 2.21. The third kappa shape index (κ3) is 4.05. The Bertz CT molecular complexity index is 456. The van der Waals surface area contributed by atoms with Crippen LogP contribution in [0.25, 0.3) is 0 Å². The first kappa shape index (κ1) is 15.0. The van der Waals surface area contributed by atoms with Crippen molar-refractivity contribution in [2.24, 2.45) is 5.73 Å². The molecule has 1 saturated heterocycles. The van der Waals surface area contributed by atoms with Crippen LogP contribution in [0.1, 0.15) is 39.3 Å². The fourth-order valence-corrected chi connectivity index (χ4v) is 2.18. The number of nitrogens with one attached hydrogen (secondary N) is 1. The molecular weight excluding hydrogens is 256 g/mol. The molecule has 20 heavy (non-hydrogen) atoms. The van der Waals surface area contributed by atoms with Crippen molar-refractivity contribution in [1.82, 2.24) is 10.1 Å². The summed E-state index contributed by atoms with van der Waals surface area (Å²) >= 11 is 0. The summed E-state index contributed by atoms with van der Waals surface area (Å²) < 4.78 is 5.15. The number of carbonyl (C=O) groups excluding carboxylic acids is 1. The molecule has 0 bridgehead atoms. The second-order valence-electron chi connectivity index (χ2n) is 6.49. The molecule has 0 radical (unpaired) electrons. The number of hydrogen-bond donors (Lipinski definition) is 2. The lowest BCUT2D eigenvalue weighted by atomic mass is 9.92. The number of anilines is 1. The van der Waals surface area contributed by atoms with Gasteiger partial charge in [-0.3, -0.25) is 15.0 Å². The second-order valence-corrected chi connectivity index (χ2v) is 6.49. The Kier molecular flexibility index (Phi) is 4.45. The number of likely N-dealkylation sites (tertiary alicyclic amines) is 1. The third-order valence-corrected chi connectivity index (χ3v) is 3.54. The van der Waals surface area contributed by atoms with Crippen LogP contribution in [-0.4, -0.2) is 41.6 Å². The average Bonchev–Trinajstić information content (AvgIpc) is 2.80. The molecule has 2 heterocycles. The molecule has 0 spiro atoms. The van der Waals surface area contributed by atoms with E-state index in [9.17, 15) is 4.79 Å². The van der Waals surface area contributed by atoms with Crippen molar-refractivity contribution in [1.29, 1.82) is 0 Å². The van der Waals surface area contributed by atoms with Crippen LogP contribution in [-0.2, 0) is 10.2 Å². The quantitative estimate of drug-likeness (QED) is 0.872. The lowest BCUT2D eigenvalue weighted by Gasteiger charge is -2.29. The van der Waals surface area contributed by atoms with Crippen molar-refractivity contribution in [3.8, 4) is 0 Å². The highest BCUT2D eigenvalue weighted by molar-refractivity contribution is 5.91. The molecular formula is C14H24N4O2. The van der Waals surface area contributed by atoms with Crippen LogP contribution in [0, 0.1) is 0 Å². The molecule has 1 amide bonds. The van der Waals surface area contributed by atoms with Crippen molar-refractivity contribution in [3.63, 3.8) is 0 Å². The first-order valence-corrected chi connectivity index (χ1v) is 7.09. The van der Waals surface area contributed by atoms with E-state index in [0.29, 0.717) is 12.4 Å². The van der Waals surface area contributed by atoms with E-state index in [1.165, 1.54) is 0 Å². The minimum absolute atomic E-state index is 0.0721. The minimum atomic E-state index is -0.0878. The lowest BCUT2D eigenvalue weighted by Crippen LogP contribution is -2.43. The van der Waals surface area contributed by atoms with E-state index >= 15 is 0 Å². The molecule has 0 aliphatic carbocycles. The summed E-state index contributed by atoms with van der Waals surface area (Å²) in [5.74, 6) is 0.339. The SMILES string of the molecule is CC(C)(C)c1cc(NC(=O)CN2CCC(N)CC2)on1. The summed E-state index contributed by atoms with van der Waals surface area (Å²) in [4.78, 5) is 14.1. The van der Waals surface area contributed by atoms with Crippen LogP contribution < -0.4 is 11.1 Å². The van der Waals surface area contributed by atoms with Crippen LogP contribution in [0.2, 0.25) is 0 Å². The first-order valence-electron chi connectivity index (χ1n) is 7.09. The molecule has 1 aliphatic heterocycles. The third-order valence-electron chi connectivity index (χ3n) is 3.54. The van der Waals surface area contributed by atoms with E-state index < -0.39 is 0 Å². The number of aromatic nitrogens is 1. The van der Waals surface area contributed by atoms with E-state index in [4.69, 9.17) is 10.3 Å². The second kappa shape index (κ2) is 5.93. The van der Waals surface area contributed by atoms with E-state index in [-0.39, 0.29) is 17.4 Å². The summed E-state index contributed by atoms with van der Waals surface area (Å²) in [7, 11) is 0. The van der Waals surface area contributed by atoms with E-state index in [2.05, 4.69) is 15.4 Å². The monoisotopic (exact) mass is 280 g/mol. The fourth-order valence-electron chi connectivity index (χ4n) is 2.18. The number of nitrogens with zero attached hydrogens (tertiary/aromatic N) is 2. The number of piperidine rings is 1. The number of nitrogens with two attached hydrogens (primary N) is 1. The van der Waals surface area contributed by atoms with Gasteiger partial charge in [0, 0.05) is 30.6 Å². The molecule has 0 aromatic carbocycles. The molecule has 6 heteroatoms. The van der Waals surface area contributed by atoms with Gasteiger partial charge in [0.05, 0.1) is 12.2 Å². The molecule has 1 aliphatic rings. The zero-order chi connectivity index (χ0) is 14.8. The zero-order valence-electron chi connectivity index (χ0n) is 12.5. The minimum Gasteiger partial charge on any atom is -0.338 e. The van der Waals surface area contributed by atoms with Gasteiger partial charge < -0.3 is 10.3 Å². The summed E-state index contributed by atoms with van der Waals surface area (Å²) in [6, 6.07) is 2.06. The number of amides is 1. The predicted octanol–water partition coefficient (Wildman–Crippen LogP) is 1.33. The molecule has 6 nitrogen and oxygen atoms in total. The Morgan fingerprint density at radius 1 is 1.50 bits per heavy atom. The van der Waals surface area contributed by atoms with E-state index in [1.54, 1.807) is 6.07 Å². The first-order chi connectivity index (χ1) is 9.34. The molecule has 3 N–H and O–H groups in total. The lowest BCUT2D eigenvalue weighted by molar-refractivity contribution is -0.117. The maximum atomic E-state index is 11.9. The van der Waals surface area contributed by atoms with Crippen molar-refractivity contribution in [2.75, 3.05) is 25.0 Å². The van der Waals surface area contributed by atoms with Crippen LogP contribution >= 0.6 is 0 Å². The summed E-state index contributed by atoms with van der Waals surface area (Å²) in [6.07, 6.45) is 1.90. The summed E-state index contributed by atoms with van der Waals surface area (Å²) in [6.45, 7) is 8.27. The van der Waals surface area contributed by atoms with Crippen LogP contribution in [0.15, 0.2) is 10.6 Å². The van der Waals surface area contributed by atoms with Gasteiger partial charge in [0.15, 0.2) is 0 Å². The maximum absolute atomic E-state index is 11.9. The summed E-state index contributed by atoms with van der Waals surface area (Å²) in [5, 5.41) is 6.73. The molecule has 112 valence electrons. The van der Waals surface area contributed by atoms with Gasteiger partial charge in [0.25, 0.3) is 0 Å². The smallest absolute Gasteiger partial charge is 0.240 e. The average molecular weight is 280 g/mol. The predicted molar refractivity (Wildman–Crippen MR) is 77.5 cm³/mol. The zero-order valence-corrected chi connectivity index (χ0v) is 12.5. The van der Waals surface area contributed by atoms with E-state index in [1.807, 2.05) is 20.8 Å². The van der Waals surface area contributed by atoms with Crippen molar-refractivity contribution in [3.05, 3.63) is 11.8 Å². The molecule has 1 fully saturated rings. The Labute approximate surface area is 119 Å². The van der Waals surface area contributed by atoms with Crippen molar-refractivity contribution in [2.45, 2.75) is 45.1 Å². The van der Waals surface area contributed by atoms with Gasteiger partial charge in [-0.25, -0.2) is 0 Å². The van der Waals surface area contributed by atoms with Gasteiger partial charge >= 0.3 is 0 Å².